The van der Waals surface area contributed by atoms with Crippen molar-refractivity contribution in [2.45, 2.75) is 19.3 Å². The van der Waals surface area contributed by atoms with Crippen LogP contribution >= 0.6 is 0 Å². The molecule has 6 nitrogen and oxygen atoms in total. The van der Waals surface area contributed by atoms with Crippen molar-refractivity contribution in [3.63, 3.8) is 0 Å². The Bertz CT molecular complexity index is 1250. The van der Waals surface area contributed by atoms with Crippen molar-refractivity contribution >= 4 is 5.78 Å². The van der Waals surface area contributed by atoms with Crippen LogP contribution in [0.5, 0.6) is 5.75 Å². The summed E-state index contributed by atoms with van der Waals surface area (Å²) in [4.78, 5) is 16.2. The van der Waals surface area contributed by atoms with Crippen LogP contribution in [0.2, 0.25) is 0 Å². The maximum atomic E-state index is 12.1. The monoisotopic (exact) mass is 425 g/mol. The number of ketones is 1. The van der Waals surface area contributed by atoms with E-state index in [1.54, 1.807) is 12.4 Å². The van der Waals surface area contributed by atoms with Crippen LogP contribution in [-0.4, -0.2) is 38.9 Å². The third-order valence-electron chi connectivity index (χ3n) is 5.68. The van der Waals surface area contributed by atoms with Crippen molar-refractivity contribution in [2.24, 2.45) is 0 Å². The Labute approximate surface area is 186 Å². The van der Waals surface area contributed by atoms with Gasteiger partial charge in [-0.15, -0.1) is 0 Å². The highest BCUT2D eigenvalue weighted by Crippen LogP contribution is 2.34. The normalized spacial score (nSPS) is 12.7. The summed E-state index contributed by atoms with van der Waals surface area (Å²) in [5.74, 6) is 0.977. The highest BCUT2D eigenvalue weighted by atomic mass is 16.5. The summed E-state index contributed by atoms with van der Waals surface area (Å²) in [7, 11) is 0. The lowest BCUT2D eigenvalue weighted by Gasteiger charge is -2.06. The number of aromatic nitrogens is 3. The highest BCUT2D eigenvalue weighted by molar-refractivity contribution is 6.01. The first-order valence-electron chi connectivity index (χ1n) is 10.7. The van der Waals surface area contributed by atoms with Crippen molar-refractivity contribution < 1.29 is 14.6 Å². The van der Waals surface area contributed by atoms with E-state index in [0.717, 1.165) is 51.4 Å². The van der Waals surface area contributed by atoms with E-state index >= 15 is 0 Å². The van der Waals surface area contributed by atoms with Gasteiger partial charge < -0.3 is 9.84 Å². The van der Waals surface area contributed by atoms with Crippen LogP contribution in [0.1, 0.15) is 28.8 Å². The second-order valence-corrected chi connectivity index (χ2v) is 7.79. The van der Waals surface area contributed by atoms with Crippen LogP contribution in [0.15, 0.2) is 73.2 Å². The molecule has 0 fully saturated rings. The number of hydrogen-bond acceptors (Lipinski definition) is 5. The van der Waals surface area contributed by atoms with Gasteiger partial charge in [-0.2, -0.15) is 5.10 Å². The molecule has 6 heteroatoms. The molecular formula is C26H23N3O3. The summed E-state index contributed by atoms with van der Waals surface area (Å²) < 4.78 is 7.49. The summed E-state index contributed by atoms with van der Waals surface area (Å²) in [5.41, 5.74) is 6.74. The number of hydrogen-bond donors (Lipinski definition) is 1. The molecule has 0 spiro atoms. The largest absolute Gasteiger partial charge is 0.494 e. The third-order valence-corrected chi connectivity index (χ3v) is 5.68. The Balaban J connectivity index is 1.53. The van der Waals surface area contributed by atoms with Gasteiger partial charge >= 0.3 is 0 Å². The van der Waals surface area contributed by atoms with Gasteiger partial charge in [0.05, 0.1) is 12.3 Å². The van der Waals surface area contributed by atoms with Crippen LogP contribution in [0.25, 0.3) is 28.1 Å². The number of fused-ring (bicyclic) bond motifs is 1. The van der Waals surface area contributed by atoms with Gasteiger partial charge in [0.15, 0.2) is 5.78 Å². The molecule has 1 aliphatic carbocycles. The lowest BCUT2D eigenvalue weighted by atomic mass is 9.98. The Morgan fingerprint density at radius 3 is 2.53 bits per heavy atom. The number of ether oxygens (including phenoxy) is 1. The molecule has 0 atom stereocenters. The fourth-order valence-electron chi connectivity index (χ4n) is 4.01. The number of pyridine rings is 1. The second-order valence-electron chi connectivity index (χ2n) is 7.79. The number of benzene rings is 2. The second kappa shape index (κ2) is 8.77. The topological polar surface area (TPSA) is 77.2 Å². The maximum absolute atomic E-state index is 12.1. The van der Waals surface area contributed by atoms with Crippen LogP contribution in [-0.2, 0) is 6.42 Å². The third kappa shape index (κ3) is 3.92. The lowest BCUT2D eigenvalue weighted by molar-refractivity contribution is 0.0994. The van der Waals surface area contributed by atoms with Gasteiger partial charge in [-0.3, -0.25) is 9.78 Å². The van der Waals surface area contributed by atoms with Gasteiger partial charge in [0.2, 0.25) is 0 Å². The van der Waals surface area contributed by atoms with E-state index in [1.165, 1.54) is 0 Å². The van der Waals surface area contributed by atoms with Crippen molar-refractivity contribution in [1.29, 1.82) is 0 Å². The van der Waals surface area contributed by atoms with Crippen LogP contribution < -0.4 is 4.74 Å². The Morgan fingerprint density at radius 1 is 0.938 bits per heavy atom. The highest BCUT2D eigenvalue weighted by Gasteiger charge is 2.21. The maximum Gasteiger partial charge on any atom is 0.163 e. The van der Waals surface area contributed by atoms with Crippen LogP contribution in [0.3, 0.4) is 0 Å². The minimum atomic E-state index is 0.114. The fraction of sp³-hybridized carbons (Fsp3) is 0.192. The summed E-state index contributed by atoms with van der Waals surface area (Å²) >= 11 is 0. The molecule has 2 aromatic carbocycles. The Morgan fingerprint density at radius 2 is 1.75 bits per heavy atom. The summed E-state index contributed by atoms with van der Waals surface area (Å²) in [6.07, 6.45) is 7.53. The smallest absolute Gasteiger partial charge is 0.163 e. The van der Waals surface area contributed by atoms with E-state index in [-0.39, 0.29) is 12.4 Å². The van der Waals surface area contributed by atoms with E-state index < -0.39 is 0 Å². The first kappa shape index (κ1) is 20.2. The molecule has 0 unspecified atom stereocenters. The van der Waals surface area contributed by atoms with E-state index in [4.69, 9.17) is 14.9 Å². The first-order valence-corrected chi connectivity index (χ1v) is 10.7. The zero-order valence-corrected chi connectivity index (χ0v) is 17.6. The molecule has 160 valence electrons. The summed E-state index contributed by atoms with van der Waals surface area (Å²) in [6, 6.07) is 17.7. The molecular weight excluding hydrogens is 402 g/mol. The molecule has 4 aromatic rings. The first-order chi connectivity index (χ1) is 15.7. The number of aliphatic hydroxyl groups is 1. The predicted molar refractivity (Wildman–Crippen MR) is 122 cm³/mol. The molecule has 0 amide bonds. The average molecular weight is 425 g/mol. The van der Waals surface area contributed by atoms with E-state index in [2.05, 4.69) is 11.1 Å². The van der Waals surface area contributed by atoms with E-state index in [9.17, 15) is 4.79 Å². The van der Waals surface area contributed by atoms with Crippen molar-refractivity contribution in [3.8, 4) is 33.8 Å². The Kier molecular flexibility index (Phi) is 5.52. The SMILES string of the molecule is O=C1CCc2cc(-c3cn(-c4ccc(OCCCO)cc4)nc3-c3ccncc3)ccc21. The Hall–Kier alpha value is -3.77. The van der Waals surface area contributed by atoms with Gasteiger partial charge in [-0.1, -0.05) is 18.2 Å². The molecule has 5 rings (SSSR count). The molecule has 0 saturated carbocycles. The molecule has 1 N–H and O–H groups in total. The molecule has 0 bridgehead atoms. The number of nitrogens with zero attached hydrogens (tertiary/aromatic N) is 3. The number of carbonyl (C=O) groups excluding carboxylic acids is 1. The molecule has 0 saturated heterocycles. The molecule has 32 heavy (non-hydrogen) atoms. The predicted octanol–water partition coefficient (Wildman–Crippen LogP) is 4.49. The summed E-state index contributed by atoms with van der Waals surface area (Å²) in [5, 5.41) is 13.8. The minimum Gasteiger partial charge on any atom is -0.494 e. The molecule has 0 radical (unpaired) electrons. The zero-order valence-electron chi connectivity index (χ0n) is 17.6. The molecule has 1 aliphatic rings. The van der Waals surface area contributed by atoms with Crippen molar-refractivity contribution in [1.82, 2.24) is 14.8 Å². The zero-order chi connectivity index (χ0) is 21.9. The van der Waals surface area contributed by atoms with Crippen molar-refractivity contribution in [2.75, 3.05) is 13.2 Å². The van der Waals surface area contributed by atoms with E-state index in [0.29, 0.717) is 19.4 Å². The van der Waals surface area contributed by atoms with Crippen LogP contribution in [0, 0.1) is 0 Å². The number of Topliss-reactive ketones (excluding diaryl/α,β-unsaturated/α-hetero) is 1. The number of carbonyl (C=O) groups is 1. The quantitative estimate of drug-likeness (QED) is 0.442. The summed E-state index contributed by atoms with van der Waals surface area (Å²) in [6.45, 7) is 0.595. The molecule has 0 aliphatic heterocycles. The van der Waals surface area contributed by atoms with Gasteiger partial charge in [-0.05, 0) is 53.9 Å². The van der Waals surface area contributed by atoms with E-state index in [1.807, 2.05) is 59.4 Å². The van der Waals surface area contributed by atoms with Gasteiger partial charge in [0.25, 0.3) is 0 Å². The number of aryl methyl sites for hydroxylation is 1. The average Bonchev–Trinajstić information content (AvgIpc) is 3.44. The fourth-order valence-corrected chi connectivity index (χ4v) is 4.01. The lowest BCUT2D eigenvalue weighted by Crippen LogP contribution is -2.00. The molecule has 2 heterocycles. The minimum absolute atomic E-state index is 0.114. The number of rotatable bonds is 7. The van der Waals surface area contributed by atoms with Crippen molar-refractivity contribution in [3.05, 3.63) is 84.3 Å². The standard InChI is InChI=1S/C26H23N3O3/c30-14-1-15-32-22-6-4-21(5-7-22)29-17-24(26(28-29)18-10-12-27-13-11-18)20-2-8-23-19(16-20)3-9-25(23)31/h2,4-8,10-13,16-17,30H,1,3,9,14-15H2. The van der Waals surface area contributed by atoms with Gasteiger partial charge in [-0.25, -0.2) is 4.68 Å². The van der Waals surface area contributed by atoms with Crippen LogP contribution in [0.4, 0.5) is 0 Å². The van der Waals surface area contributed by atoms with Gasteiger partial charge in [0, 0.05) is 54.7 Å². The number of aliphatic hydroxyl groups excluding tert-OH is 1. The molecule has 2 aromatic heterocycles. The van der Waals surface area contributed by atoms with Gasteiger partial charge in [0.1, 0.15) is 11.4 Å².